The Morgan fingerprint density at radius 3 is 3.25 bits per heavy atom. The fraction of sp³-hybridized carbons (Fsp3) is 0.636. The van der Waals surface area contributed by atoms with Crippen LogP contribution in [0, 0.1) is 0 Å². The second-order valence-electron chi connectivity index (χ2n) is 4.14. The van der Waals surface area contributed by atoms with Crippen LogP contribution in [0.4, 0.5) is 0 Å². The number of hydrogen-bond acceptors (Lipinski definition) is 3. The molecule has 1 aliphatic heterocycles. The van der Waals surface area contributed by atoms with Crippen LogP contribution in [0.25, 0.3) is 0 Å². The number of aryl methyl sites for hydroxylation is 1. The number of carbonyl (C=O) groups is 1. The molecule has 0 aliphatic carbocycles. The Kier molecular flexibility index (Phi) is 3.56. The van der Waals surface area contributed by atoms with Crippen LogP contribution in [0.2, 0.25) is 0 Å². The first kappa shape index (κ1) is 11.1. The van der Waals surface area contributed by atoms with Gasteiger partial charge in [-0.25, -0.2) is 0 Å². The molecule has 5 heteroatoms. The summed E-state index contributed by atoms with van der Waals surface area (Å²) in [6, 6.07) is 1.99. The fourth-order valence-electron chi connectivity index (χ4n) is 1.99. The summed E-state index contributed by atoms with van der Waals surface area (Å²) in [5.41, 5.74) is 1.14. The van der Waals surface area contributed by atoms with Crippen LogP contribution in [0.1, 0.15) is 18.5 Å². The van der Waals surface area contributed by atoms with Crippen molar-refractivity contribution >= 4 is 5.91 Å². The molecular formula is C11H18N4O. The van der Waals surface area contributed by atoms with Crippen LogP contribution in [0.5, 0.6) is 0 Å². The summed E-state index contributed by atoms with van der Waals surface area (Å²) in [6.07, 6.45) is 4.65. The Hall–Kier alpha value is -1.36. The highest BCUT2D eigenvalue weighted by Gasteiger charge is 2.21. The summed E-state index contributed by atoms with van der Waals surface area (Å²) in [5, 5.41) is 10.2. The molecule has 1 amide bonds. The van der Waals surface area contributed by atoms with Gasteiger partial charge in [0.2, 0.25) is 5.91 Å². The van der Waals surface area contributed by atoms with E-state index in [0.717, 1.165) is 31.5 Å². The van der Waals surface area contributed by atoms with E-state index < -0.39 is 0 Å². The van der Waals surface area contributed by atoms with Crippen molar-refractivity contribution in [1.82, 2.24) is 20.4 Å². The lowest BCUT2D eigenvalue weighted by atomic mass is 10.2. The maximum Gasteiger partial charge on any atom is 0.237 e. The predicted octanol–water partition coefficient (Wildman–Crippen LogP) is -0.169. The van der Waals surface area contributed by atoms with E-state index in [1.165, 1.54) is 0 Å². The first-order valence-corrected chi connectivity index (χ1v) is 5.75. The zero-order valence-electron chi connectivity index (χ0n) is 9.57. The van der Waals surface area contributed by atoms with Crippen molar-refractivity contribution in [1.29, 1.82) is 0 Å². The number of aromatic nitrogens is 2. The maximum absolute atomic E-state index is 11.7. The topological polar surface area (TPSA) is 59.0 Å². The Morgan fingerprint density at radius 1 is 1.75 bits per heavy atom. The van der Waals surface area contributed by atoms with Crippen molar-refractivity contribution in [3.05, 3.63) is 18.0 Å². The molecule has 2 rings (SSSR count). The summed E-state index contributed by atoms with van der Waals surface area (Å²) in [6.45, 7) is 1.64. The number of amides is 1. The average molecular weight is 222 g/mol. The van der Waals surface area contributed by atoms with Crippen molar-refractivity contribution < 1.29 is 4.79 Å². The van der Waals surface area contributed by atoms with Gasteiger partial charge in [-0.2, -0.15) is 5.10 Å². The molecule has 1 aromatic rings. The molecule has 0 bridgehead atoms. The lowest BCUT2D eigenvalue weighted by Gasteiger charge is -2.10. The quantitative estimate of drug-likeness (QED) is 0.743. The molecule has 2 N–H and O–H groups in total. The monoisotopic (exact) mass is 222 g/mol. The summed E-state index contributed by atoms with van der Waals surface area (Å²) in [5.74, 6) is 0.125. The van der Waals surface area contributed by atoms with Gasteiger partial charge in [0.1, 0.15) is 0 Å². The molecule has 0 aromatic carbocycles. The average Bonchev–Trinajstić information content (AvgIpc) is 2.90. The van der Waals surface area contributed by atoms with Crippen molar-refractivity contribution in [2.75, 3.05) is 13.1 Å². The number of hydrogen-bond donors (Lipinski definition) is 2. The molecule has 0 spiro atoms. The van der Waals surface area contributed by atoms with Gasteiger partial charge in [-0.3, -0.25) is 9.48 Å². The Balaban J connectivity index is 1.71. The second kappa shape index (κ2) is 5.12. The molecule has 16 heavy (non-hydrogen) atoms. The third kappa shape index (κ3) is 2.61. The highest BCUT2D eigenvalue weighted by Crippen LogP contribution is 2.04. The Labute approximate surface area is 95.2 Å². The lowest BCUT2D eigenvalue weighted by Crippen LogP contribution is -2.41. The van der Waals surface area contributed by atoms with Gasteiger partial charge >= 0.3 is 0 Å². The van der Waals surface area contributed by atoms with Crippen molar-refractivity contribution in [2.45, 2.75) is 25.3 Å². The molecule has 88 valence electrons. The molecular weight excluding hydrogens is 204 g/mol. The van der Waals surface area contributed by atoms with E-state index in [1.807, 2.05) is 17.8 Å². The number of nitrogens with zero attached hydrogens (tertiary/aromatic N) is 2. The van der Waals surface area contributed by atoms with E-state index in [9.17, 15) is 4.79 Å². The minimum atomic E-state index is 0.0199. The molecule has 0 radical (unpaired) electrons. The van der Waals surface area contributed by atoms with Crippen LogP contribution >= 0.6 is 0 Å². The standard InChI is InChI=1S/C11H18N4O/c1-15-9(5-8-14-15)4-7-13-11(16)10-3-2-6-12-10/h5,8,10,12H,2-4,6-7H2,1H3,(H,13,16). The van der Waals surface area contributed by atoms with Gasteiger partial charge in [0.25, 0.3) is 0 Å². The largest absolute Gasteiger partial charge is 0.354 e. The Bertz CT molecular complexity index is 355. The molecule has 1 aromatic heterocycles. The van der Waals surface area contributed by atoms with Gasteiger partial charge in [0, 0.05) is 31.9 Å². The molecule has 1 unspecified atom stereocenters. The van der Waals surface area contributed by atoms with Gasteiger partial charge in [-0.05, 0) is 25.5 Å². The molecule has 1 atom stereocenters. The fourth-order valence-corrected chi connectivity index (χ4v) is 1.99. The highest BCUT2D eigenvalue weighted by atomic mass is 16.2. The zero-order chi connectivity index (χ0) is 11.4. The number of carbonyl (C=O) groups excluding carboxylic acids is 1. The van der Waals surface area contributed by atoms with Crippen molar-refractivity contribution in [2.24, 2.45) is 7.05 Å². The minimum absolute atomic E-state index is 0.0199. The van der Waals surface area contributed by atoms with Gasteiger partial charge in [-0.15, -0.1) is 0 Å². The molecule has 0 saturated carbocycles. The summed E-state index contributed by atoms with van der Waals surface area (Å²) >= 11 is 0. The molecule has 5 nitrogen and oxygen atoms in total. The maximum atomic E-state index is 11.7. The molecule has 1 fully saturated rings. The first-order chi connectivity index (χ1) is 7.77. The van der Waals surface area contributed by atoms with E-state index in [-0.39, 0.29) is 11.9 Å². The minimum Gasteiger partial charge on any atom is -0.354 e. The SMILES string of the molecule is Cn1nccc1CCNC(=O)C1CCCN1. The summed E-state index contributed by atoms with van der Waals surface area (Å²) in [7, 11) is 1.91. The zero-order valence-corrected chi connectivity index (χ0v) is 9.57. The number of rotatable bonds is 4. The third-order valence-electron chi connectivity index (χ3n) is 2.98. The highest BCUT2D eigenvalue weighted by molar-refractivity contribution is 5.81. The van der Waals surface area contributed by atoms with Crippen molar-refractivity contribution in [3.63, 3.8) is 0 Å². The Morgan fingerprint density at radius 2 is 2.62 bits per heavy atom. The van der Waals surface area contributed by atoms with Crippen LogP contribution in [-0.4, -0.2) is 34.8 Å². The van der Waals surface area contributed by atoms with E-state index >= 15 is 0 Å². The van der Waals surface area contributed by atoms with Crippen LogP contribution in [-0.2, 0) is 18.3 Å². The van der Waals surface area contributed by atoms with Crippen LogP contribution in [0.3, 0.4) is 0 Å². The van der Waals surface area contributed by atoms with E-state index in [2.05, 4.69) is 15.7 Å². The van der Waals surface area contributed by atoms with Gasteiger partial charge in [0.05, 0.1) is 6.04 Å². The van der Waals surface area contributed by atoms with Crippen molar-refractivity contribution in [3.8, 4) is 0 Å². The lowest BCUT2D eigenvalue weighted by molar-refractivity contribution is -0.122. The molecule has 2 heterocycles. The van der Waals surface area contributed by atoms with E-state index in [1.54, 1.807) is 6.20 Å². The normalized spacial score (nSPS) is 19.9. The van der Waals surface area contributed by atoms with Gasteiger partial charge in [0.15, 0.2) is 0 Å². The smallest absolute Gasteiger partial charge is 0.237 e. The van der Waals surface area contributed by atoms with E-state index in [0.29, 0.717) is 6.54 Å². The van der Waals surface area contributed by atoms with Crippen LogP contribution < -0.4 is 10.6 Å². The van der Waals surface area contributed by atoms with Gasteiger partial charge < -0.3 is 10.6 Å². The van der Waals surface area contributed by atoms with Gasteiger partial charge in [-0.1, -0.05) is 0 Å². The summed E-state index contributed by atoms with van der Waals surface area (Å²) in [4.78, 5) is 11.7. The molecule has 1 aliphatic rings. The van der Waals surface area contributed by atoms with Crippen LogP contribution in [0.15, 0.2) is 12.3 Å². The molecule has 1 saturated heterocycles. The summed E-state index contributed by atoms with van der Waals surface area (Å²) < 4.78 is 1.83. The van der Waals surface area contributed by atoms with E-state index in [4.69, 9.17) is 0 Å². The third-order valence-corrected chi connectivity index (χ3v) is 2.98. The predicted molar refractivity (Wildman–Crippen MR) is 60.9 cm³/mol. The second-order valence-corrected chi connectivity index (χ2v) is 4.14. The number of nitrogens with one attached hydrogen (secondary N) is 2. The first-order valence-electron chi connectivity index (χ1n) is 5.75.